The molecule has 0 fully saturated rings. The van der Waals surface area contributed by atoms with Crippen LogP contribution in [0.1, 0.15) is 18.4 Å². The van der Waals surface area contributed by atoms with Gasteiger partial charge in [-0.1, -0.05) is 6.92 Å². The molecule has 1 heterocycles. The summed E-state index contributed by atoms with van der Waals surface area (Å²) in [6.07, 6.45) is -4.40. The van der Waals surface area contributed by atoms with Crippen LogP contribution in [0.15, 0.2) is 21.8 Å². The van der Waals surface area contributed by atoms with Crippen molar-refractivity contribution in [3.63, 3.8) is 0 Å². The van der Waals surface area contributed by atoms with Gasteiger partial charge in [0.05, 0.1) is 6.54 Å². The predicted molar refractivity (Wildman–Crippen MR) is 85.8 cm³/mol. The number of carbonyl (C=O) groups excluding carboxylic acids is 1. The second kappa shape index (κ2) is 8.76. The van der Waals surface area contributed by atoms with Crippen molar-refractivity contribution in [1.29, 1.82) is 0 Å². The zero-order valence-electron chi connectivity index (χ0n) is 13.3. The van der Waals surface area contributed by atoms with Crippen LogP contribution in [0.2, 0.25) is 0 Å². The van der Waals surface area contributed by atoms with E-state index in [2.05, 4.69) is 21.0 Å². The minimum absolute atomic E-state index is 0.251. The molecule has 0 radical (unpaired) electrons. The maximum Gasteiger partial charge on any atom is 0.406 e. The van der Waals surface area contributed by atoms with Gasteiger partial charge in [0.25, 0.3) is 0 Å². The van der Waals surface area contributed by atoms with E-state index in [0.29, 0.717) is 17.4 Å². The molecule has 0 saturated carbocycles. The van der Waals surface area contributed by atoms with Crippen molar-refractivity contribution in [3.05, 3.63) is 22.4 Å². The van der Waals surface area contributed by atoms with E-state index in [1.54, 1.807) is 11.3 Å². The number of halogens is 3. The van der Waals surface area contributed by atoms with Gasteiger partial charge >= 0.3 is 6.18 Å². The molecule has 1 atom stereocenters. The molecule has 0 aliphatic heterocycles. The van der Waals surface area contributed by atoms with Gasteiger partial charge in [-0.05, 0) is 28.3 Å². The highest BCUT2D eigenvalue weighted by Gasteiger charge is 2.31. The van der Waals surface area contributed by atoms with Gasteiger partial charge in [0.1, 0.15) is 6.54 Å². The number of carbonyl (C=O) groups is 1. The third kappa shape index (κ3) is 7.36. The maximum atomic E-state index is 12.2. The number of amides is 1. The predicted octanol–water partition coefficient (Wildman–Crippen LogP) is 2.04. The van der Waals surface area contributed by atoms with E-state index >= 15 is 0 Å². The summed E-state index contributed by atoms with van der Waals surface area (Å²) in [6.45, 7) is 1.13. The van der Waals surface area contributed by atoms with Crippen LogP contribution in [0.3, 0.4) is 0 Å². The first kappa shape index (κ1) is 19.3. The van der Waals surface area contributed by atoms with Crippen molar-refractivity contribution in [2.75, 3.05) is 33.7 Å². The number of hydrogen-bond donors (Lipinski definition) is 2. The number of rotatable bonds is 6. The lowest BCUT2D eigenvalue weighted by atomic mass is 10.1. The highest BCUT2D eigenvalue weighted by molar-refractivity contribution is 7.07. The van der Waals surface area contributed by atoms with Crippen LogP contribution >= 0.6 is 11.3 Å². The Bertz CT molecular complexity index is 517. The van der Waals surface area contributed by atoms with Crippen LogP contribution in [-0.2, 0) is 4.79 Å². The molecule has 5 nitrogen and oxygen atoms in total. The largest absolute Gasteiger partial charge is 0.406 e. The van der Waals surface area contributed by atoms with Gasteiger partial charge < -0.3 is 15.5 Å². The number of alkyl halides is 3. The van der Waals surface area contributed by atoms with E-state index in [1.165, 1.54) is 12.6 Å². The molecule has 23 heavy (non-hydrogen) atoms. The highest BCUT2D eigenvalue weighted by atomic mass is 32.1. The van der Waals surface area contributed by atoms with E-state index < -0.39 is 18.6 Å². The van der Waals surface area contributed by atoms with Gasteiger partial charge in [0.2, 0.25) is 5.91 Å². The lowest BCUT2D eigenvalue weighted by Gasteiger charge is -2.20. The Morgan fingerprint density at radius 3 is 2.65 bits per heavy atom. The number of thiophene rings is 1. The van der Waals surface area contributed by atoms with E-state index in [-0.39, 0.29) is 12.5 Å². The molecule has 0 aliphatic rings. The monoisotopic (exact) mass is 350 g/mol. The van der Waals surface area contributed by atoms with Crippen molar-refractivity contribution in [2.24, 2.45) is 4.99 Å². The van der Waals surface area contributed by atoms with Crippen molar-refractivity contribution in [2.45, 2.75) is 19.0 Å². The fourth-order valence-electron chi connectivity index (χ4n) is 1.80. The Balaban J connectivity index is 2.38. The third-order valence-electron chi connectivity index (χ3n) is 3.16. The molecule has 0 saturated heterocycles. The minimum Gasteiger partial charge on any atom is -0.356 e. The Labute approximate surface area is 137 Å². The number of likely N-dealkylation sites (N-methyl/N-ethyl adjacent to an activating group) is 1. The summed E-state index contributed by atoms with van der Waals surface area (Å²) < 4.78 is 36.7. The summed E-state index contributed by atoms with van der Waals surface area (Å²) in [4.78, 5) is 16.2. The fourth-order valence-corrected chi connectivity index (χ4v) is 2.58. The molecule has 1 aromatic heterocycles. The van der Waals surface area contributed by atoms with Crippen LogP contribution < -0.4 is 10.6 Å². The number of hydrogen-bond acceptors (Lipinski definition) is 3. The van der Waals surface area contributed by atoms with E-state index in [9.17, 15) is 18.0 Å². The number of nitrogens with zero attached hydrogens (tertiary/aromatic N) is 2. The molecule has 0 aliphatic carbocycles. The molecule has 1 aromatic rings. The van der Waals surface area contributed by atoms with Crippen molar-refractivity contribution in [1.82, 2.24) is 15.5 Å². The summed E-state index contributed by atoms with van der Waals surface area (Å²) in [5, 5.41) is 9.82. The zero-order valence-corrected chi connectivity index (χ0v) is 14.1. The molecule has 2 N–H and O–H groups in total. The number of aliphatic imine (C=N–C) groups is 1. The quantitative estimate of drug-likeness (QED) is 0.610. The van der Waals surface area contributed by atoms with Gasteiger partial charge in [-0.25, -0.2) is 0 Å². The lowest BCUT2D eigenvalue weighted by molar-refractivity contribution is -0.157. The Morgan fingerprint density at radius 2 is 2.13 bits per heavy atom. The smallest absolute Gasteiger partial charge is 0.356 e. The van der Waals surface area contributed by atoms with Crippen molar-refractivity contribution >= 4 is 23.2 Å². The standard InChI is InChI=1S/C14H21F3N4OS/c1-10(11-4-5-23-8-11)6-19-13(18-2)20-7-12(22)21(3)9-14(15,16)17/h4-5,8,10H,6-7,9H2,1-3H3,(H2,18,19,20). The first-order valence-corrected chi connectivity index (χ1v) is 7.94. The van der Waals surface area contributed by atoms with Crippen LogP contribution in [0.25, 0.3) is 0 Å². The van der Waals surface area contributed by atoms with Crippen LogP contribution in [0, 0.1) is 0 Å². The summed E-state index contributed by atoms with van der Waals surface area (Å²) in [5.41, 5.74) is 1.19. The second-order valence-corrected chi connectivity index (χ2v) is 5.91. The normalized spacial score (nSPS) is 13.6. The second-order valence-electron chi connectivity index (χ2n) is 5.13. The van der Waals surface area contributed by atoms with E-state index in [4.69, 9.17) is 0 Å². The summed E-state index contributed by atoms with van der Waals surface area (Å²) in [6, 6.07) is 2.03. The van der Waals surface area contributed by atoms with Crippen molar-refractivity contribution < 1.29 is 18.0 Å². The Kier molecular flexibility index (Phi) is 7.34. The van der Waals surface area contributed by atoms with Crippen LogP contribution in [-0.4, -0.2) is 56.7 Å². The first-order valence-electron chi connectivity index (χ1n) is 7.00. The zero-order chi connectivity index (χ0) is 17.5. The van der Waals surface area contributed by atoms with E-state index in [1.807, 2.05) is 18.4 Å². The molecule has 130 valence electrons. The fraction of sp³-hybridized carbons (Fsp3) is 0.571. The molecule has 9 heteroatoms. The third-order valence-corrected chi connectivity index (χ3v) is 3.86. The number of nitrogens with one attached hydrogen (secondary N) is 2. The summed E-state index contributed by atoms with van der Waals surface area (Å²) >= 11 is 1.61. The molecular weight excluding hydrogens is 329 g/mol. The SMILES string of the molecule is CN=C(NCC(=O)N(C)CC(F)(F)F)NCC(C)c1ccsc1. The van der Waals surface area contributed by atoms with Crippen LogP contribution in [0.5, 0.6) is 0 Å². The van der Waals surface area contributed by atoms with Crippen molar-refractivity contribution in [3.8, 4) is 0 Å². The van der Waals surface area contributed by atoms with Crippen LogP contribution in [0.4, 0.5) is 13.2 Å². The molecule has 1 amide bonds. The molecule has 0 bridgehead atoms. The first-order chi connectivity index (χ1) is 10.7. The Hall–Kier alpha value is -1.77. The van der Waals surface area contributed by atoms with Gasteiger partial charge in [-0.3, -0.25) is 9.79 Å². The minimum atomic E-state index is -4.40. The topological polar surface area (TPSA) is 56.7 Å². The molecular formula is C14H21F3N4OS. The summed E-state index contributed by atoms with van der Waals surface area (Å²) in [7, 11) is 2.65. The average Bonchev–Trinajstić information content (AvgIpc) is 2.99. The number of guanidine groups is 1. The molecule has 1 rings (SSSR count). The van der Waals surface area contributed by atoms with E-state index in [0.717, 1.165) is 7.05 Å². The highest BCUT2D eigenvalue weighted by Crippen LogP contribution is 2.17. The maximum absolute atomic E-state index is 12.2. The molecule has 1 unspecified atom stereocenters. The summed E-state index contributed by atoms with van der Waals surface area (Å²) in [5.74, 6) is -0.0274. The average molecular weight is 350 g/mol. The van der Waals surface area contributed by atoms with Gasteiger partial charge in [-0.15, -0.1) is 0 Å². The van der Waals surface area contributed by atoms with Gasteiger partial charge in [0.15, 0.2) is 5.96 Å². The van der Waals surface area contributed by atoms with Gasteiger partial charge in [-0.2, -0.15) is 24.5 Å². The lowest BCUT2D eigenvalue weighted by Crippen LogP contribution is -2.46. The van der Waals surface area contributed by atoms with Gasteiger partial charge in [0, 0.05) is 20.6 Å². The Morgan fingerprint density at radius 1 is 1.43 bits per heavy atom. The molecule has 0 aromatic carbocycles. The molecule has 0 spiro atoms.